The minimum atomic E-state index is -0.0866. The Bertz CT molecular complexity index is 490. The highest BCUT2D eigenvalue weighted by molar-refractivity contribution is 6.37. The minimum Gasteiger partial charge on any atom is -0.376 e. The maximum atomic E-state index is 12.0. The Morgan fingerprint density at radius 3 is 2.75 bits per heavy atom. The minimum absolute atomic E-state index is 0.0866. The first-order valence-electron chi connectivity index (χ1n) is 6.56. The lowest BCUT2D eigenvalue weighted by Crippen LogP contribution is -2.32. The lowest BCUT2D eigenvalue weighted by atomic mass is 10.2. The number of carbonyl (C=O) groups is 1. The van der Waals surface area contributed by atoms with Gasteiger partial charge in [-0.2, -0.15) is 0 Å². The molecule has 0 radical (unpaired) electrons. The predicted octanol–water partition coefficient (Wildman–Crippen LogP) is 3.64. The fourth-order valence-corrected chi connectivity index (χ4v) is 2.66. The first-order chi connectivity index (χ1) is 9.58. The zero-order valence-electron chi connectivity index (χ0n) is 11.3. The standard InChI is InChI=1S/C15H17Cl2NO2/c1-18(10-11-4-3-9-20-11)15(19)8-7-12-13(16)5-2-6-14(12)17/h2,5-8,11H,3-4,9-10H2,1H3/b8-7-/t11-/m1/s1. The van der Waals surface area contributed by atoms with Crippen molar-refractivity contribution in [2.24, 2.45) is 0 Å². The second-order valence-electron chi connectivity index (χ2n) is 4.82. The molecular formula is C15H17Cl2NO2. The zero-order valence-corrected chi connectivity index (χ0v) is 12.8. The number of ether oxygens (including phenoxy) is 1. The van der Waals surface area contributed by atoms with Crippen molar-refractivity contribution in [1.29, 1.82) is 0 Å². The van der Waals surface area contributed by atoms with Gasteiger partial charge in [-0.1, -0.05) is 29.3 Å². The van der Waals surface area contributed by atoms with Gasteiger partial charge in [0.1, 0.15) is 0 Å². The largest absolute Gasteiger partial charge is 0.376 e. The molecule has 0 aromatic heterocycles. The molecule has 2 rings (SSSR count). The van der Waals surface area contributed by atoms with Crippen LogP contribution in [0.2, 0.25) is 10.0 Å². The number of hydrogen-bond acceptors (Lipinski definition) is 2. The lowest BCUT2D eigenvalue weighted by molar-refractivity contribution is -0.126. The Morgan fingerprint density at radius 1 is 1.45 bits per heavy atom. The van der Waals surface area contributed by atoms with Crippen LogP contribution in [0.4, 0.5) is 0 Å². The number of rotatable bonds is 4. The van der Waals surface area contributed by atoms with E-state index < -0.39 is 0 Å². The molecule has 0 spiro atoms. The van der Waals surface area contributed by atoms with Crippen molar-refractivity contribution in [2.75, 3.05) is 20.2 Å². The van der Waals surface area contributed by atoms with Crippen LogP contribution in [0.15, 0.2) is 24.3 Å². The molecule has 1 aliphatic rings. The number of hydrogen-bond donors (Lipinski definition) is 0. The molecule has 0 aliphatic carbocycles. The molecule has 0 N–H and O–H groups in total. The summed E-state index contributed by atoms with van der Waals surface area (Å²) in [5.41, 5.74) is 0.662. The van der Waals surface area contributed by atoms with Crippen molar-refractivity contribution in [1.82, 2.24) is 4.90 Å². The van der Waals surface area contributed by atoms with Gasteiger partial charge in [-0.05, 0) is 31.1 Å². The third-order valence-electron chi connectivity index (χ3n) is 3.27. The van der Waals surface area contributed by atoms with Crippen molar-refractivity contribution >= 4 is 35.2 Å². The number of likely N-dealkylation sites (N-methyl/N-ethyl adjacent to an activating group) is 1. The smallest absolute Gasteiger partial charge is 0.246 e. The highest BCUT2D eigenvalue weighted by Crippen LogP contribution is 2.25. The molecule has 0 unspecified atom stereocenters. The summed E-state index contributed by atoms with van der Waals surface area (Å²) in [6, 6.07) is 5.26. The molecule has 3 nitrogen and oxygen atoms in total. The zero-order chi connectivity index (χ0) is 14.5. The van der Waals surface area contributed by atoms with E-state index in [1.807, 2.05) is 0 Å². The van der Waals surface area contributed by atoms with E-state index in [-0.39, 0.29) is 12.0 Å². The Labute approximate surface area is 129 Å². The third kappa shape index (κ3) is 3.98. The quantitative estimate of drug-likeness (QED) is 0.794. The fourth-order valence-electron chi connectivity index (χ4n) is 2.14. The molecule has 0 saturated carbocycles. The van der Waals surface area contributed by atoms with Gasteiger partial charge < -0.3 is 9.64 Å². The van der Waals surface area contributed by atoms with E-state index in [1.165, 1.54) is 6.08 Å². The summed E-state index contributed by atoms with van der Waals surface area (Å²) >= 11 is 12.1. The van der Waals surface area contributed by atoms with Crippen LogP contribution in [-0.2, 0) is 9.53 Å². The molecule has 1 fully saturated rings. The van der Waals surface area contributed by atoms with Gasteiger partial charge in [0.2, 0.25) is 5.91 Å². The van der Waals surface area contributed by atoms with Crippen LogP contribution in [0.3, 0.4) is 0 Å². The molecule has 1 amide bonds. The molecule has 1 aromatic rings. The third-order valence-corrected chi connectivity index (χ3v) is 3.93. The lowest BCUT2D eigenvalue weighted by Gasteiger charge is -2.19. The summed E-state index contributed by atoms with van der Waals surface area (Å²) in [5, 5.41) is 1.06. The van der Waals surface area contributed by atoms with E-state index >= 15 is 0 Å². The average Bonchev–Trinajstić information content (AvgIpc) is 2.90. The molecule has 1 saturated heterocycles. The van der Waals surface area contributed by atoms with E-state index in [0.717, 1.165) is 19.4 Å². The molecular weight excluding hydrogens is 297 g/mol. The van der Waals surface area contributed by atoms with Gasteiger partial charge in [0.25, 0.3) is 0 Å². The van der Waals surface area contributed by atoms with Crippen LogP contribution in [0.1, 0.15) is 18.4 Å². The number of benzene rings is 1. The van der Waals surface area contributed by atoms with E-state index in [2.05, 4.69) is 0 Å². The Morgan fingerprint density at radius 2 is 2.15 bits per heavy atom. The van der Waals surface area contributed by atoms with Crippen LogP contribution >= 0.6 is 23.2 Å². The van der Waals surface area contributed by atoms with Gasteiger partial charge in [-0.15, -0.1) is 0 Å². The molecule has 1 aliphatic heterocycles. The topological polar surface area (TPSA) is 29.5 Å². The van der Waals surface area contributed by atoms with Crippen molar-refractivity contribution in [3.8, 4) is 0 Å². The van der Waals surface area contributed by atoms with Gasteiger partial charge in [-0.3, -0.25) is 4.79 Å². The Kier molecular flexibility index (Phi) is 5.46. The number of amides is 1. The van der Waals surface area contributed by atoms with Gasteiger partial charge in [0, 0.05) is 41.9 Å². The summed E-state index contributed by atoms with van der Waals surface area (Å²) in [6.45, 7) is 1.40. The van der Waals surface area contributed by atoms with Crippen LogP contribution in [0.5, 0.6) is 0 Å². The van der Waals surface area contributed by atoms with Crippen molar-refractivity contribution in [3.05, 3.63) is 39.9 Å². The van der Waals surface area contributed by atoms with Crippen molar-refractivity contribution < 1.29 is 9.53 Å². The SMILES string of the molecule is CN(C[C@H]1CCCO1)C(=O)/C=C\c1c(Cl)cccc1Cl. The second-order valence-corrected chi connectivity index (χ2v) is 5.64. The number of carbonyl (C=O) groups excluding carboxylic acids is 1. The van der Waals surface area contributed by atoms with E-state index in [1.54, 1.807) is 36.2 Å². The van der Waals surface area contributed by atoms with Gasteiger partial charge >= 0.3 is 0 Å². The summed E-state index contributed by atoms with van der Waals surface area (Å²) in [4.78, 5) is 13.7. The molecule has 20 heavy (non-hydrogen) atoms. The van der Waals surface area contributed by atoms with E-state index in [0.29, 0.717) is 22.2 Å². The predicted molar refractivity (Wildman–Crippen MR) is 82.1 cm³/mol. The molecule has 0 bridgehead atoms. The van der Waals surface area contributed by atoms with Crippen LogP contribution < -0.4 is 0 Å². The first-order valence-corrected chi connectivity index (χ1v) is 7.32. The average molecular weight is 314 g/mol. The van der Waals surface area contributed by atoms with Gasteiger partial charge in [0.15, 0.2) is 0 Å². The first kappa shape index (κ1) is 15.4. The molecule has 1 atom stereocenters. The summed E-state index contributed by atoms with van der Waals surface area (Å²) < 4.78 is 5.51. The number of nitrogens with zero attached hydrogens (tertiary/aromatic N) is 1. The normalized spacial score (nSPS) is 18.6. The highest BCUT2D eigenvalue weighted by Gasteiger charge is 2.18. The fraction of sp³-hybridized carbons (Fsp3) is 0.400. The van der Waals surface area contributed by atoms with Crippen LogP contribution in [-0.4, -0.2) is 37.1 Å². The second kappa shape index (κ2) is 7.11. The summed E-state index contributed by atoms with van der Waals surface area (Å²) in [6.07, 6.45) is 5.37. The molecule has 108 valence electrons. The van der Waals surface area contributed by atoms with Gasteiger partial charge in [-0.25, -0.2) is 0 Å². The van der Waals surface area contributed by atoms with Crippen LogP contribution in [0.25, 0.3) is 6.08 Å². The molecule has 5 heteroatoms. The highest BCUT2D eigenvalue weighted by atomic mass is 35.5. The molecule has 1 aromatic carbocycles. The monoisotopic (exact) mass is 313 g/mol. The maximum absolute atomic E-state index is 12.0. The molecule has 1 heterocycles. The summed E-state index contributed by atoms with van der Waals surface area (Å²) in [5.74, 6) is -0.0866. The van der Waals surface area contributed by atoms with Gasteiger partial charge in [0.05, 0.1) is 6.10 Å². The Balaban J connectivity index is 1.97. The van der Waals surface area contributed by atoms with E-state index in [9.17, 15) is 4.79 Å². The van der Waals surface area contributed by atoms with Crippen molar-refractivity contribution in [2.45, 2.75) is 18.9 Å². The maximum Gasteiger partial charge on any atom is 0.246 e. The number of halogens is 2. The summed E-state index contributed by atoms with van der Waals surface area (Å²) in [7, 11) is 1.77. The Hall–Kier alpha value is -1.03. The van der Waals surface area contributed by atoms with Crippen molar-refractivity contribution in [3.63, 3.8) is 0 Å². The van der Waals surface area contributed by atoms with Crippen LogP contribution in [0, 0.1) is 0 Å². The van der Waals surface area contributed by atoms with E-state index in [4.69, 9.17) is 27.9 Å².